The average molecular weight is 341 g/mol. The third kappa shape index (κ3) is 2.49. The summed E-state index contributed by atoms with van der Waals surface area (Å²) in [6.07, 6.45) is 6.57. The molecule has 3 heterocycles. The lowest BCUT2D eigenvalue weighted by Gasteiger charge is -2.25. The molecule has 1 aliphatic carbocycles. The number of fused-ring (bicyclic) bond motifs is 1. The van der Waals surface area contributed by atoms with E-state index in [-0.39, 0.29) is 11.3 Å². The van der Waals surface area contributed by atoms with Gasteiger partial charge in [-0.15, -0.1) is 0 Å². The van der Waals surface area contributed by atoms with E-state index in [1.165, 1.54) is 0 Å². The lowest BCUT2D eigenvalue weighted by molar-refractivity contribution is 0.100. The molecule has 0 aromatic carbocycles. The molecule has 132 valence electrons. The number of primary amides is 1. The van der Waals surface area contributed by atoms with Gasteiger partial charge in [0.25, 0.3) is 5.91 Å². The molecule has 2 aromatic rings. The molecule has 7 heteroatoms. The molecule has 2 aromatic heterocycles. The number of hydrogen-bond donors (Lipinski definition) is 1. The van der Waals surface area contributed by atoms with Crippen molar-refractivity contribution in [1.29, 1.82) is 0 Å². The molecule has 0 radical (unpaired) electrons. The third-order valence-electron chi connectivity index (χ3n) is 5.66. The van der Waals surface area contributed by atoms with Gasteiger partial charge in [0.15, 0.2) is 5.82 Å². The van der Waals surface area contributed by atoms with Crippen LogP contribution in [0, 0.1) is 5.92 Å². The SMILES string of the molecule is CC(C)c1noc([C@]23CCC[C@H]2CN(c2ccncc2C(N)=O)C3)n1. The predicted molar refractivity (Wildman–Crippen MR) is 92.4 cm³/mol. The van der Waals surface area contributed by atoms with E-state index in [0.717, 1.165) is 49.8 Å². The van der Waals surface area contributed by atoms with Crippen LogP contribution in [0.1, 0.15) is 61.1 Å². The molecule has 25 heavy (non-hydrogen) atoms. The summed E-state index contributed by atoms with van der Waals surface area (Å²) in [5, 5.41) is 4.17. The number of nitrogens with two attached hydrogens (primary N) is 1. The van der Waals surface area contributed by atoms with E-state index in [4.69, 9.17) is 15.2 Å². The van der Waals surface area contributed by atoms with E-state index in [9.17, 15) is 4.79 Å². The smallest absolute Gasteiger partial charge is 0.252 e. The normalized spacial score (nSPS) is 25.6. The summed E-state index contributed by atoms with van der Waals surface area (Å²) in [5.41, 5.74) is 6.72. The van der Waals surface area contributed by atoms with Gasteiger partial charge in [-0.25, -0.2) is 0 Å². The summed E-state index contributed by atoms with van der Waals surface area (Å²) in [6, 6.07) is 1.86. The Morgan fingerprint density at radius 3 is 3.04 bits per heavy atom. The molecule has 0 bridgehead atoms. The Bertz CT molecular complexity index is 802. The summed E-state index contributed by atoms with van der Waals surface area (Å²) in [6.45, 7) is 5.76. The van der Waals surface area contributed by atoms with Crippen molar-refractivity contribution in [2.24, 2.45) is 11.7 Å². The van der Waals surface area contributed by atoms with Gasteiger partial charge in [0.05, 0.1) is 16.7 Å². The molecule has 2 atom stereocenters. The summed E-state index contributed by atoms with van der Waals surface area (Å²) < 4.78 is 5.68. The molecule has 2 fully saturated rings. The Morgan fingerprint density at radius 2 is 2.32 bits per heavy atom. The van der Waals surface area contributed by atoms with Crippen LogP contribution < -0.4 is 10.6 Å². The summed E-state index contributed by atoms with van der Waals surface area (Å²) >= 11 is 0. The number of amides is 1. The van der Waals surface area contributed by atoms with E-state index in [1.54, 1.807) is 12.4 Å². The fraction of sp³-hybridized carbons (Fsp3) is 0.556. The molecule has 0 unspecified atom stereocenters. The first-order valence-corrected chi connectivity index (χ1v) is 8.84. The molecule has 1 amide bonds. The van der Waals surface area contributed by atoms with Crippen LogP contribution in [0.4, 0.5) is 5.69 Å². The summed E-state index contributed by atoms with van der Waals surface area (Å²) in [7, 11) is 0. The first-order valence-electron chi connectivity index (χ1n) is 8.84. The minimum absolute atomic E-state index is 0.127. The van der Waals surface area contributed by atoms with Crippen molar-refractivity contribution in [2.75, 3.05) is 18.0 Å². The Labute approximate surface area is 146 Å². The maximum absolute atomic E-state index is 11.8. The second-order valence-electron chi connectivity index (χ2n) is 7.50. The molecule has 2 N–H and O–H groups in total. The highest BCUT2D eigenvalue weighted by atomic mass is 16.5. The first-order chi connectivity index (χ1) is 12.0. The molecule has 4 rings (SSSR count). The lowest BCUT2D eigenvalue weighted by atomic mass is 9.80. The maximum atomic E-state index is 11.8. The van der Waals surface area contributed by atoms with Gasteiger partial charge < -0.3 is 15.2 Å². The van der Waals surface area contributed by atoms with Gasteiger partial charge in [0.2, 0.25) is 5.89 Å². The molecular formula is C18H23N5O2. The highest BCUT2D eigenvalue weighted by Gasteiger charge is 2.54. The van der Waals surface area contributed by atoms with Crippen molar-refractivity contribution in [3.63, 3.8) is 0 Å². The van der Waals surface area contributed by atoms with Crippen LogP contribution in [-0.2, 0) is 5.41 Å². The predicted octanol–water partition coefficient (Wildman–Crippen LogP) is 2.25. The van der Waals surface area contributed by atoms with Crippen LogP contribution >= 0.6 is 0 Å². The van der Waals surface area contributed by atoms with Gasteiger partial charge in [0.1, 0.15) is 0 Å². The number of rotatable bonds is 4. The topological polar surface area (TPSA) is 98.1 Å². The molecule has 7 nitrogen and oxygen atoms in total. The van der Waals surface area contributed by atoms with Crippen molar-refractivity contribution in [1.82, 2.24) is 15.1 Å². The van der Waals surface area contributed by atoms with Crippen LogP contribution in [0.15, 0.2) is 23.0 Å². The van der Waals surface area contributed by atoms with Gasteiger partial charge in [0, 0.05) is 31.4 Å². The van der Waals surface area contributed by atoms with Crippen molar-refractivity contribution in [3.8, 4) is 0 Å². The largest absolute Gasteiger partial charge is 0.369 e. The van der Waals surface area contributed by atoms with Crippen LogP contribution in [0.3, 0.4) is 0 Å². The molecule has 2 aliphatic rings. The monoisotopic (exact) mass is 341 g/mol. The highest BCUT2D eigenvalue weighted by Crippen LogP contribution is 2.51. The lowest BCUT2D eigenvalue weighted by Crippen LogP contribution is -2.33. The van der Waals surface area contributed by atoms with Crippen molar-refractivity contribution in [3.05, 3.63) is 35.7 Å². The van der Waals surface area contributed by atoms with Crippen LogP contribution in [0.2, 0.25) is 0 Å². The van der Waals surface area contributed by atoms with Crippen molar-refractivity contribution >= 4 is 11.6 Å². The quantitative estimate of drug-likeness (QED) is 0.916. The second kappa shape index (κ2) is 5.82. The van der Waals surface area contributed by atoms with Crippen molar-refractivity contribution < 1.29 is 9.32 Å². The number of nitrogens with zero attached hydrogens (tertiary/aromatic N) is 4. The van der Waals surface area contributed by atoms with Gasteiger partial charge in [-0.2, -0.15) is 4.98 Å². The second-order valence-corrected chi connectivity index (χ2v) is 7.50. The van der Waals surface area contributed by atoms with E-state index in [2.05, 4.69) is 28.9 Å². The van der Waals surface area contributed by atoms with Crippen molar-refractivity contribution in [2.45, 2.75) is 44.4 Å². The van der Waals surface area contributed by atoms with Crippen LogP contribution in [-0.4, -0.2) is 34.1 Å². The van der Waals surface area contributed by atoms with Gasteiger partial charge in [-0.05, 0) is 24.8 Å². The van der Waals surface area contributed by atoms with Gasteiger partial charge in [-0.3, -0.25) is 9.78 Å². The average Bonchev–Trinajstić information content (AvgIpc) is 3.28. The highest BCUT2D eigenvalue weighted by molar-refractivity contribution is 5.98. The number of carbonyl (C=O) groups excluding carboxylic acids is 1. The molecular weight excluding hydrogens is 318 g/mol. The minimum atomic E-state index is -0.450. The zero-order valence-electron chi connectivity index (χ0n) is 14.6. The first kappa shape index (κ1) is 16.1. The Balaban J connectivity index is 1.70. The fourth-order valence-corrected chi connectivity index (χ4v) is 4.35. The molecule has 1 saturated carbocycles. The van der Waals surface area contributed by atoms with Gasteiger partial charge >= 0.3 is 0 Å². The van der Waals surface area contributed by atoms with E-state index in [1.807, 2.05) is 6.07 Å². The Hall–Kier alpha value is -2.44. The maximum Gasteiger partial charge on any atom is 0.252 e. The number of aromatic nitrogens is 3. The zero-order valence-corrected chi connectivity index (χ0v) is 14.6. The zero-order chi connectivity index (χ0) is 17.6. The Morgan fingerprint density at radius 1 is 1.48 bits per heavy atom. The summed E-state index contributed by atoms with van der Waals surface area (Å²) in [4.78, 5) is 22.7. The van der Waals surface area contributed by atoms with E-state index < -0.39 is 5.91 Å². The number of anilines is 1. The number of carbonyl (C=O) groups is 1. The van der Waals surface area contributed by atoms with Crippen LogP contribution in [0.5, 0.6) is 0 Å². The molecule has 1 saturated heterocycles. The molecule has 0 spiro atoms. The number of pyridine rings is 1. The van der Waals surface area contributed by atoms with Crippen LogP contribution in [0.25, 0.3) is 0 Å². The number of hydrogen-bond acceptors (Lipinski definition) is 6. The Kier molecular flexibility index (Phi) is 3.74. The molecule has 1 aliphatic heterocycles. The standard InChI is InChI=1S/C18H23N5O2/c1-11(2)16-21-17(25-22-16)18-6-3-4-12(18)9-23(10-18)14-5-7-20-8-13(14)15(19)24/h5,7-8,11-12H,3-4,6,9-10H2,1-2H3,(H2,19,24)/t12-,18-/m0/s1. The summed E-state index contributed by atoms with van der Waals surface area (Å²) in [5.74, 6) is 1.75. The minimum Gasteiger partial charge on any atom is -0.369 e. The third-order valence-corrected chi connectivity index (χ3v) is 5.66. The van der Waals surface area contributed by atoms with E-state index >= 15 is 0 Å². The van der Waals surface area contributed by atoms with E-state index in [0.29, 0.717) is 11.5 Å². The van der Waals surface area contributed by atoms with Gasteiger partial charge in [-0.1, -0.05) is 25.4 Å². The fourth-order valence-electron chi connectivity index (χ4n) is 4.35.